The van der Waals surface area contributed by atoms with Gasteiger partial charge in [-0.15, -0.1) is 0 Å². The van der Waals surface area contributed by atoms with Gasteiger partial charge in [-0.2, -0.15) is 0 Å². The van der Waals surface area contributed by atoms with E-state index >= 15 is 0 Å². The summed E-state index contributed by atoms with van der Waals surface area (Å²) in [5, 5.41) is 5.36. The second-order valence-corrected chi connectivity index (χ2v) is 4.96. The Morgan fingerprint density at radius 2 is 1.81 bits per heavy atom. The molecule has 2 rings (SSSR count). The molecule has 1 aromatic carbocycles. The molecule has 0 atom stereocenters. The first-order valence-corrected chi connectivity index (χ1v) is 6.70. The molecule has 0 aliphatic carbocycles. The third-order valence-electron chi connectivity index (χ3n) is 2.87. The standard InChI is InChI=1S/C16H18N2O3/c1-11-6-12(2)8-13(7-11)18-16(20)9-15(19)17-10-14-4-3-5-21-14/h3-8H,9-10H2,1-2H3,(H,17,19)(H,18,20). The monoisotopic (exact) mass is 286 g/mol. The van der Waals surface area contributed by atoms with Crippen LogP contribution in [0.4, 0.5) is 5.69 Å². The third-order valence-corrected chi connectivity index (χ3v) is 2.87. The highest BCUT2D eigenvalue weighted by Crippen LogP contribution is 2.13. The number of furan rings is 1. The van der Waals surface area contributed by atoms with Gasteiger partial charge >= 0.3 is 0 Å². The van der Waals surface area contributed by atoms with Gasteiger partial charge in [-0.3, -0.25) is 9.59 Å². The molecule has 0 radical (unpaired) electrons. The van der Waals surface area contributed by atoms with Crippen molar-refractivity contribution in [3.63, 3.8) is 0 Å². The van der Waals surface area contributed by atoms with Crippen molar-refractivity contribution in [2.24, 2.45) is 0 Å². The fourth-order valence-electron chi connectivity index (χ4n) is 2.06. The topological polar surface area (TPSA) is 71.3 Å². The van der Waals surface area contributed by atoms with Crippen LogP contribution in [0.15, 0.2) is 41.0 Å². The minimum atomic E-state index is -0.340. The summed E-state index contributed by atoms with van der Waals surface area (Å²) in [6, 6.07) is 9.26. The molecule has 0 fully saturated rings. The summed E-state index contributed by atoms with van der Waals surface area (Å²) in [5.41, 5.74) is 2.83. The van der Waals surface area contributed by atoms with Crippen molar-refractivity contribution in [2.75, 3.05) is 5.32 Å². The van der Waals surface area contributed by atoms with Crippen LogP contribution in [0.25, 0.3) is 0 Å². The second kappa shape index (κ2) is 6.74. The third kappa shape index (κ3) is 4.80. The van der Waals surface area contributed by atoms with Gasteiger partial charge in [0.1, 0.15) is 12.2 Å². The molecule has 0 spiro atoms. The first-order chi connectivity index (χ1) is 10.0. The van der Waals surface area contributed by atoms with Gasteiger partial charge < -0.3 is 15.1 Å². The Morgan fingerprint density at radius 1 is 1.10 bits per heavy atom. The normalized spacial score (nSPS) is 10.2. The number of hydrogen-bond donors (Lipinski definition) is 2. The Labute approximate surface area is 123 Å². The van der Waals surface area contributed by atoms with E-state index in [0.717, 1.165) is 11.1 Å². The van der Waals surface area contributed by atoms with Crippen molar-refractivity contribution in [1.29, 1.82) is 0 Å². The first-order valence-electron chi connectivity index (χ1n) is 6.70. The van der Waals surface area contributed by atoms with Crippen molar-refractivity contribution in [1.82, 2.24) is 5.32 Å². The van der Waals surface area contributed by atoms with Gasteiger partial charge in [-0.25, -0.2) is 0 Å². The van der Waals surface area contributed by atoms with E-state index in [2.05, 4.69) is 10.6 Å². The lowest BCUT2D eigenvalue weighted by molar-refractivity contribution is -0.127. The maximum Gasteiger partial charge on any atom is 0.233 e. The zero-order valence-corrected chi connectivity index (χ0v) is 12.1. The maximum atomic E-state index is 11.8. The molecule has 2 aromatic rings. The molecule has 0 saturated heterocycles. The summed E-state index contributed by atoms with van der Waals surface area (Å²) < 4.78 is 5.10. The Balaban J connectivity index is 1.82. The van der Waals surface area contributed by atoms with Crippen LogP contribution in [0.1, 0.15) is 23.3 Å². The predicted molar refractivity (Wildman–Crippen MR) is 79.7 cm³/mol. The molecule has 1 heterocycles. The fraction of sp³-hybridized carbons (Fsp3) is 0.250. The van der Waals surface area contributed by atoms with Crippen LogP contribution in [-0.4, -0.2) is 11.8 Å². The lowest BCUT2D eigenvalue weighted by Crippen LogP contribution is -2.27. The molecule has 2 amide bonds. The minimum absolute atomic E-state index is 0.215. The summed E-state index contributed by atoms with van der Waals surface area (Å²) in [5.74, 6) is -0.0247. The van der Waals surface area contributed by atoms with E-state index in [1.807, 2.05) is 32.0 Å². The number of carbonyl (C=O) groups is 2. The molecule has 0 saturated carbocycles. The van der Waals surface area contributed by atoms with E-state index in [1.54, 1.807) is 12.1 Å². The smallest absolute Gasteiger partial charge is 0.233 e. The van der Waals surface area contributed by atoms with Gasteiger partial charge in [0.05, 0.1) is 12.8 Å². The molecular formula is C16H18N2O3. The van der Waals surface area contributed by atoms with Crippen LogP contribution < -0.4 is 10.6 Å². The Bertz CT molecular complexity index is 613. The minimum Gasteiger partial charge on any atom is -0.467 e. The number of benzene rings is 1. The molecular weight excluding hydrogens is 268 g/mol. The number of carbonyl (C=O) groups excluding carboxylic acids is 2. The van der Waals surface area contributed by atoms with Gasteiger partial charge in [-0.05, 0) is 49.2 Å². The highest BCUT2D eigenvalue weighted by molar-refractivity contribution is 6.03. The second-order valence-electron chi connectivity index (χ2n) is 4.96. The molecule has 1 aromatic heterocycles. The van der Waals surface area contributed by atoms with Crippen LogP contribution in [-0.2, 0) is 16.1 Å². The van der Waals surface area contributed by atoms with Gasteiger partial charge in [-0.1, -0.05) is 6.07 Å². The van der Waals surface area contributed by atoms with E-state index in [4.69, 9.17) is 4.42 Å². The summed E-state index contributed by atoms with van der Waals surface area (Å²) in [4.78, 5) is 23.5. The Morgan fingerprint density at radius 3 is 2.43 bits per heavy atom. The van der Waals surface area contributed by atoms with Gasteiger partial charge in [0.25, 0.3) is 0 Å². The van der Waals surface area contributed by atoms with Crippen LogP contribution in [0, 0.1) is 13.8 Å². The van der Waals surface area contributed by atoms with Gasteiger partial charge in [0.2, 0.25) is 11.8 Å². The average molecular weight is 286 g/mol. The van der Waals surface area contributed by atoms with Crippen molar-refractivity contribution >= 4 is 17.5 Å². The van der Waals surface area contributed by atoms with Crippen molar-refractivity contribution in [2.45, 2.75) is 26.8 Å². The van der Waals surface area contributed by atoms with Gasteiger partial charge in [0.15, 0.2) is 0 Å². The zero-order valence-electron chi connectivity index (χ0n) is 12.1. The largest absolute Gasteiger partial charge is 0.467 e. The lowest BCUT2D eigenvalue weighted by atomic mass is 10.1. The lowest BCUT2D eigenvalue weighted by Gasteiger charge is -2.07. The summed E-state index contributed by atoms with van der Waals surface area (Å²) in [6.45, 7) is 4.19. The summed E-state index contributed by atoms with van der Waals surface area (Å²) in [6.07, 6.45) is 1.32. The first kappa shape index (κ1) is 14.8. The number of aryl methyl sites for hydroxylation is 2. The predicted octanol–water partition coefficient (Wildman–Crippen LogP) is 2.54. The van der Waals surface area contributed by atoms with Crippen molar-refractivity contribution in [3.05, 3.63) is 53.5 Å². The van der Waals surface area contributed by atoms with E-state index in [-0.39, 0.29) is 24.8 Å². The molecule has 5 heteroatoms. The van der Waals surface area contributed by atoms with Gasteiger partial charge in [0, 0.05) is 5.69 Å². The SMILES string of the molecule is Cc1cc(C)cc(NC(=O)CC(=O)NCc2ccco2)c1. The molecule has 0 aliphatic rings. The molecule has 110 valence electrons. The zero-order chi connectivity index (χ0) is 15.2. The quantitative estimate of drug-likeness (QED) is 0.830. The molecule has 5 nitrogen and oxygen atoms in total. The van der Waals surface area contributed by atoms with Crippen molar-refractivity contribution < 1.29 is 14.0 Å². The highest BCUT2D eigenvalue weighted by atomic mass is 16.3. The molecule has 0 aliphatic heterocycles. The number of amides is 2. The van der Waals surface area contributed by atoms with E-state index < -0.39 is 0 Å². The van der Waals surface area contributed by atoms with Crippen LogP contribution in [0.2, 0.25) is 0 Å². The van der Waals surface area contributed by atoms with E-state index in [0.29, 0.717) is 11.4 Å². The van der Waals surface area contributed by atoms with Crippen molar-refractivity contribution in [3.8, 4) is 0 Å². The number of rotatable bonds is 5. The molecule has 0 unspecified atom stereocenters. The van der Waals surface area contributed by atoms with Crippen LogP contribution in [0.3, 0.4) is 0 Å². The Kier molecular flexibility index (Phi) is 4.77. The molecule has 21 heavy (non-hydrogen) atoms. The number of hydrogen-bond acceptors (Lipinski definition) is 3. The molecule has 0 bridgehead atoms. The highest BCUT2D eigenvalue weighted by Gasteiger charge is 2.10. The van der Waals surface area contributed by atoms with Crippen LogP contribution >= 0.6 is 0 Å². The average Bonchev–Trinajstić information content (AvgIpc) is 2.87. The van der Waals surface area contributed by atoms with E-state index in [1.165, 1.54) is 6.26 Å². The molecule has 2 N–H and O–H groups in total. The van der Waals surface area contributed by atoms with E-state index in [9.17, 15) is 9.59 Å². The number of nitrogens with one attached hydrogen (secondary N) is 2. The van der Waals surface area contributed by atoms with Crippen LogP contribution in [0.5, 0.6) is 0 Å². The summed E-state index contributed by atoms with van der Waals surface area (Å²) >= 11 is 0. The maximum absolute atomic E-state index is 11.8. The fourth-order valence-corrected chi connectivity index (χ4v) is 2.06. The Hall–Kier alpha value is -2.56. The number of anilines is 1. The summed E-state index contributed by atoms with van der Waals surface area (Å²) in [7, 11) is 0.